The van der Waals surface area contributed by atoms with E-state index in [-0.39, 0.29) is 23.4 Å². The molecule has 1 heterocycles. The lowest BCUT2D eigenvalue weighted by Crippen LogP contribution is -2.34. The molecule has 3 nitrogen and oxygen atoms in total. The van der Waals surface area contributed by atoms with E-state index in [1.54, 1.807) is 12.1 Å². The maximum absolute atomic E-state index is 13.6. The summed E-state index contributed by atoms with van der Waals surface area (Å²) in [6.07, 6.45) is 1.99. The maximum atomic E-state index is 13.6. The Hall–Kier alpha value is -1.42. The predicted molar refractivity (Wildman–Crippen MR) is 71.9 cm³/mol. The van der Waals surface area contributed by atoms with Crippen molar-refractivity contribution in [3.05, 3.63) is 29.6 Å². The van der Waals surface area contributed by atoms with Gasteiger partial charge in [0.2, 0.25) is 0 Å². The lowest BCUT2D eigenvalue weighted by Gasteiger charge is -2.24. The van der Waals surface area contributed by atoms with Crippen LogP contribution in [0.1, 0.15) is 25.3 Å². The summed E-state index contributed by atoms with van der Waals surface area (Å²) in [6, 6.07) is 4.72. The van der Waals surface area contributed by atoms with E-state index >= 15 is 0 Å². The number of nitrogens with one attached hydrogen (secondary N) is 1. The normalized spacial score (nSPS) is 22.5. The van der Waals surface area contributed by atoms with Crippen molar-refractivity contribution in [2.75, 3.05) is 20.2 Å². The van der Waals surface area contributed by atoms with Crippen LogP contribution in [0.5, 0.6) is 5.75 Å². The zero-order valence-electron chi connectivity index (χ0n) is 11.5. The minimum atomic E-state index is -0.414. The van der Waals surface area contributed by atoms with Gasteiger partial charge in [-0.05, 0) is 37.1 Å². The van der Waals surface area contributed by atoms with E-state index < -0.39 is 5.82 Å². The van der Waals surface area contributed by atoms with E-state index in [4.69, 9.17) is 4.74 Å². The Bertz CT molecular complexity index is 467. The third-order valence-electron chi connectivity index (χ3n) is 4.09. The van der Waals surface area contributed by atoms with Gasteiger partial charge >= 0.3 is 0 Å². The second-order valence-corrected chi connectivity index (χ2v) is 5.13. The molecule has 4 heteroatoms. The molecule has 0 aliphatic carbocycles. The molecular formula is C15H20FNO2. The molecule has 1 aromatic carbocycles. The summed E-state index contributed by atoms with van der Waals surface area (Å²) in [5, 5.41) is 3.25. The number of hydrogen-bond donors (Lipinski definition) is 1. The summed E-state index contributed by atoms with van der Waals surface area (Å²) >= 11 is 0. The van der Waals surface area contributed by atoms with Crippen molar-refractivity contribution in [3.63, 3.8) is 0 Å². The average Bonchev–Trinajstić information content (AvgIpc) is 2.89. The molecule has 1 unspecified atom stereocenters. The molecule has 1 fully saturated rings. The first-order valence-electron chi connectivity index (χ1n) is 6.68. The first-order valence-corrected chi connectivity index (χ1v) is 6.68. The highest BCUT2D eigenvalue weighted by molar-refractivity contribution is 5.87. The Morgan fingerprint density at radius 2 is 2.32 bits per heavy atom. The Balaban J connectivity index is 2.12. The van der Waals surface area contributed by atoms with Gasteiger partial charge in [0.25, 0.3) is 0 Å². The lowest BCUT2D eigenvalue weighted by molar-refractivity contribution is -0.127. The van der Waals surface area contributed by atoms with Gasteiger partial charge in [-0.15, -0.1) is 0 Å². The summed E-state index contributed by atoms with van der Waals surface area (Å²) < 4.78 is 18.5. The molecule has 0 spiro atoms. The molecule has 1 aliphatic rings. The first-order chi connectivity index (χ1) is 9.11. The number of ether oxygens (including phenoxy) is 1. The SMILES string of the molecule is CCC1(C(=O)Cc2ccc(OC)c(F)c2)CCNC1. The number of Topliss-reactive ketones (excluding diaryl/α,β-unsaturated/α-hetero) is 1. The molecule has 1 aliphatic heterocycles. The number of rotatable bonds is 5. The van der Waals surface area contributed by atoms with Crippen molar-refractivity contribution >= 4 is 5.78 Å². The fraction of sp³-hybridized carbons (Fsp3) is 0.533. The summed E-state index contributed by atoms with van der Waals surface area (Å²) in [5.74, 6) is -0.00333. The molecule has 0 radical (unpaired) electrons. The van der Waals surface area contributed by atoms with Gasteiger partial charge in [0.05, 0.1) is 7.11 Å². The number of benzene rings is 1. The highest BCUT2D eigenvalue weighted by Gasteiger charge is 2.38. The van der Waals surface area contributed by atoms with Crippen molar-refractivity contribution in [2.45, 2.75) is 26.2 Å². The lowest BCUT2D eigenvalue weighted by atomic mass is 9.78. The molecule has 19 heavy (non-hydrogen) atoms. The van der Waals surface area contributed by atoms with E-state index in [0.717, 1.165) is 25.9 Å². The highest BCUT2D eigenvalue weighted by Crippen LogP contribution is 2.32. The van der Waals surface area contributed by atoms with Crippen LogP contribution >= 0.6 is 0 Å². The van der Waals surface area contributed by atoms with Gasteiger partial charge in [-0.1, -0.05) is 13.0 Å². The van der Waals surface area contributed by atoms with Crippen molar-refractivity contribution in [1.29, 1.82) is 0 Å². The van der Waals surface area contributed by atoms with Gasteiger partial charge in [0.15, 0.2) is 11.6 Å². The Morgan fingerprint density at radius 3 is 2.84 bits per heavy atom. The largest absolute Gasteiger partial charge is 0.494 e. The standard InChI is InChI=1S/C15H20FNO2/c1-3-15(6-7-17-10-15)14(18)9-11-4-5-13(19-2)12(16)8-11/h4-5,8,17H,3,6-7,9-10H2,1-2H3. The van der Waals surface area contributed by atoms with E-state index in [2.05, 4.69) is 5.32 Å². The quantitative estimate of drug-likeness (QED) is 0.888. The Morgan fingerprint density at radius 1 is 1.53 bits per heavy atom. The van der Waals surface area contributed by atoms with Gasteiger partial charge in [-0.25, -0.2) is 4.39 Å². The molecule has 0 amide bonds. The van der Waals surface area contributed by atoms with Gasteiger partial charge in [-0.3, -0.25) is 4.79 Å². The van der Waals surface area contributed by atoms with E-state index in [0.29, 0.717) is 5.56 Å². The third-order valence-corrected chi connectivity index (χ3v) is 4.09. The van der Waals surface area contributed by atoms with Crippen LogP contribution in [0.25, 0.3) is 0 Å². The van der Waals surface area contributed by atoms with Gasteiger partial charge in [0, 0.05) is 18.4 Å². The van der Waals surface area contributed by atoms with Crippen LogP contribution in [0.2, 0.25) is 0 Å². The molecule has 1 N–H and O–H groups in total. The first kappa shape index (κ1) is 14.0. The van der Waals surface area contributed by atoms with Crippen molar-refractivity contribution < 1.29 is 13.9 Å². The summed E-state index contributed by atoms with van der Waals surface area (Å²) in [6.45, 7) is 3.66. The summed E-state index contributed by atoms with van der Waals surface area (Å²) in [5.41, 5.74) is 0.444. The number of halogens is 1. The fourth-order valence-corrected chi connectivity index (χ4v) is 2.67. The van der Waals surface area contributed by atoms with E-state index in [9.17, 15) is 9.18 Å². The predicted octanol–water partition coefficient (Wildman–Crippen LogP) is 2.34. The molecular weight excluding hydrogens is 245 g/mol. The third kappa shape index (κ3) is 2.78. The molecule has 104 valence electrons. The maximum Gasteiger partial charge on any atom is 0.165 e. The van der Waals surface area contributed by atoms with Crippen LogP contribution in [-0.4, -0.2) is 26.0 Å². The molecule has 0 aromatic heterocycles. The molecule has 1 saturated heterocycles. The number of methoxy groups -OCH3 is 1. The highest BCUT2D eigenvalue weighted by atomic mass is 19.1. The second kappa shape index (κ2) is 5.70. The Kier molecular flexibility index (Phi) is 4.20. The van der Waals surface area contributed by atoms with Crippen LogP contribution in [-0.2, 0) is 11.2 Å². The van der Waals surface area contributed by atoms with Crippen LogP contribution < -0.4 is 10.1 Å². The molecule has 2 rings (SSSR count). The molecule has 0 saturated carbocycles. The average molecular weight is 265 g/mol. The van der Waals surface area contributed by atoms with Crippen LogP contribution in [0.15, 0.2) is 18.2 Å². The zero-order valence-corrected chi connectivity index (χ0v) is 11.5. The van der Waals surface area contributed by atoms with E-state index in [1.807, 2.05) is 6.92 Å². The monoisotopic (exact) mass is 265 g/mol. The number of carbonyl (C=O) groups is 1. The number of ketones is 1. The summed E-state index contributed by atoms with van der Waals surface area (Å²) in [4.78, 5) is 12.4. The van der Waals surface area contributed by atoms with Gasteiger partial charge in [0.1, 0.15) is 5.78 Å². The van der Waals surface area contributed by atoms with Gasteiger partial charge < -0.3 is 10.1 Å². The molecule has 1 atom stereocenters. The topological polar surface area (TPSA) is 38.3 Å². The second-order valence-electron chi connectivity index (χ2n) is 5.13. The molecule has 0 bridgehead atoms. The summed E-state index contributed by atoms with van der Waals surface area (Å²) in [7, 11) is 1.43. The van der Waals surface area contributed by atoms with Crippen molar-refractivity contribution in [3.8, 4) is 5.75 Å². The number of hydrogen-bond acceptors (Lipinski definition) is 3. The van der Waals surface area contributed by atoms with Crippen LogP contribution in [0.3, 0.4) is 0 Å². The van der Waals surface area contributed by atoms with Crippen molar-refractivity contribution in [1.82, 2.24) is 5.32 Å². The van der Waals surface area contributed by atoms with Crippen LogP contribution in [0.4, 0.5) is 4.39 Å². The number of carbonyl (C=O) groups excluding carboxylic acids is 1. The van der Waals surface area contributed by atoms with Crippen molar-refractivity contribution in [2.24, 2.45) is 5.41 Å². The smallest absolute Gasteiger partial charge is 0.165 e. The minimum Gasteiger partial charge on any atom is -0.494 e. The molecule has 1 aromatic rings. The Labute approximate surface area is 113 Å². The minimum absolute atomic E-state index is 0.199. The fourth-order valence-electron chi connectivity index (χ4n) is 2.67. The van der Waals surface area contributed by atoms with E-state index in [1.165, 1.54) is 13.2 Å². The van der Waals surface area contributed by atoms with Crippen LogP contribution in [0, 0.1) is 11.2 Å². The zero-order chi connectivity index (χ0) is 13.9. The van der Waals surface area contributed by atoms with Gasteiger partial charge in [-0.2, -0.15) is 0 Å².